The van der Waals surface area contributed by atoms with E-state index >= 15 is 0 Å². The number of hydrogen-bond acceptors (Lipinski definition) is 4. The fraction of sp³-hybridized carbons (Fsp3) is 0.562. The molecule has 1 aromatic carbocycles. The maximum Gasteiger partial charge on any atom is 0.239 e. The van der Waals surface area contributed by atoms with E-state index in [0.29, 0.717) is 12.3 Å². The van der Waals surface area contributed by atoms with Crippen molar-refractivity contribution in [1.29, 1.82) is 0 Å². The minimum Gasteiger partial charge on any atom is -0.377 e. The zero-order chi connectivity index (χ0) is 17.0. The number of carbonyl (C=O) groups is 1. The molecule has 1 atom stereocenters. The van der Waals surface area contributed by atoms with Gasteiger partial charge in [-0.15, -0.1) is 0 Å². The van der Waals surface area contributed by atoms with Crippen molar-refractivity contribution < 1.29 is 17.9 Å². The van der Waals surface area contributed by atoms with Gasteiger partial charge < -0.3 is 10.1 Å². The highest BCUT2D eigenvalue weighted by Crippen LogP contribution is 2.18. The highest BCUT2D eigenvalue weighted by molar-refractivity contribution is 7.88. The van der Waals surface area contributed by atoms with Crippen LogP contribution in [0.15, 0.2) is 18.2 Å². The summed E-state index contributed by atoms with van der Waals surface area (Å²) in [7, 11) is -3.47. The molecule has 1 amide bonds. The standard InChI is InChI=1S/C16H24N2O4S/c1-12-6-4-8-15(13(12)2)17-16(19)11-18(23(3,20)21)10-14-7-5-9-22-14/h4,6,8,14H,5,7,9-11H2,1-3H3,(H,17,19). The Morgan fingerprint density at radius 1 is 1.39 bits per heavy atom. The Labute approximate surface area is 137 Å². The summed E-state index contributed by atoms with van der Waals surface area (Å²) in [5.74, 6) is -0.345. The average Bonchev–Trinajstić information content (AvgIpc) is 2.95. The highest BCUT2D eigenvalue weighted by Gasteiger charge is 2.26. The third-order valence-electron chi connectivity index (χ3n) is 4.10. The van der Waals surface area contributed by atoms with Gasteiger partial charge in [-0.1, -0.05) is 12.1 Å². The molecular weight excluding hydrogens is 316 g/mol. The van der Waals surface area contributed by atoms with Gasteiger partial charge in [-0.25, -0.2) is 8.42 Å². The molecule has 23 heavy (non-hydrogen) atoms. The van der Waals surface area contributed by atoms with Gasteiger partial charge in [-0.05, 0) is 43.9 Å². The maximum absolute atomic E-state index is 12.2. The van der Waals surface area contributed by atoms with Crippen LogP contribution in [0.2, 0.25) is 0 Å². The highest BCUT2D eigenvalue weighted by atomic mass is 32.2. The van der Waals surface area contributed by atoms with Crippen LogP contribution in [0.3, 0.4) is 0 Å². The molecule has 0 saturated carbocycles. The molecule has 6 nitrogen and oxygen atoms in total. The molecule has 128 valence electrons. The largest absolute Gasteiger partial charge is 0.377 e. The number of ether oxygens (including phenoxy) is 1. The second-order valence-corrected chi connectivity index (χ2v) is 7.97. The van der Waals surface area contributed by atoms with Gasteiger partial charge in [0.2, 0.25) is 15.9 Å². The number of sulfonamides is 1. The number of rotatable bonds is 6. The van der Waals surface area contributed by atoms with Gasteiger partial charge in [0.05, 0.1) is 18.9 Å². The lowest BCUT2D eigenvalue weighted by Gasteiger charge is -2.22. The third kappa shape index (κ3) is 5.02. The van der Waals surface area contributed by atoms with E-state index in [-0.39, 0.29) is 25.1 Å². The number of benzene rings is 1. The number of nitrogens with one attached hydrogen (secondary N) is 1. The molecule has 0 bridgehead atoms. The number of anilines is 1. The molecule has 1 N–H and O–H groups in total. The predicted octanol–water partition coefficient (Wildman–Crippen LogP) is 1.68. The summed E-state index contributed by atoms with van der Waals surface area (Å²) >= 11 is 0. The number of amides is 1. The molecule has 1 aliphatic rings. The van der Waals surface area contributed by atoms with Crippen molar-refractivity contribution in [3.8, 4) is 0 Å². The Morgan fingerprint density at radius 3 is 2.74 bits per heavy atom. The Hall–Kier alpha value is -1.44. The first-order chi connectivity index (χ1) is 10.8. The van der Waals surface area contributed by atoms with E-state index in [1.165, 1.54) is 4.31 Å². The van der Waals surface area contributed by atoms with Crippen LogP contribution in [0.5, 0.6) is 0 Å². The number of nitrogens with zero attached hydrogens (tertiary/aromatic N) is 1. The number of carbonyl (C=O) groups excluding carboxylic acids is 1. The normalized spacial score (nSPS) is 18.3. The van der Waals surface area contributed by atoms with E-state index in [0.717, 1.165) is 30.2 Å². The van der Waals surface area contributed by atoms with Crippen LogP contribution < -0.4 is 5.32 Å². The Morgan fingerprint density at radius 2 is 2.13 bits per heavy atom. The lowest BCUT2D eigenvalue weighted by atomic mass is 10.1. The summed E-state index contributed by atoms with van der Waals surface area (Å²) in [5, 5.41) is 2.79. The summed E-state index contributed by atoms with van der Waals surface area (Å²) < 4.78 is 30.5. The van der Waals surface area contributed by atoms with Crippen LogP contribution >= 0.6 is 0 Å². The van der Waals surface area contributed by atoms with Crippen molar-refractivity contribution in [1.82, 2.24) is 4.31 Å². The zero-order valence-corrected chi connectivity index (χ0v) is 14.6. The molecule has 1 heterocycles. The first kappa shape index (κ1) is 17.9. The molecular formula is C16H24N2O4S. The minimum absolute atomic E-state index is 0.127. The first-order valence-corrected chi connectivity index (χ1v) is 9.55. The van der Waals surface area contributed by atoms with Crippen molar-refractivity contribution in [2.45, 2.75) is 32.8 Å². The van der Waals surface area contributed by atoms with Crippen molar-refractivity contribution in [2.24, 2.45) is 0 Å². The molecule has 0 radical (unpaired) electrons. The summed E-state index contributed by atoms with van der Waals surface area (Å²) in [6.07, 6.45) is 2.74. The maximum atomic E-state index is 12.2. The van der Waals surface area contributed by atoms with E-state index in [9.17, 15) is 13.2 Å². The number of hydrogen-bond donors (Lipinski definition) is 1. The van der Waals surface area contributed by atoms with E-state index in [2.05, 4.69) is 5.32 Å². The Balaban J connectivity index is 2.03. The quantitative estimate of drug-likeness (QED) is 0.855. The molecule has 7 heteroatoms. The van der Waals surface area contributed by atoms with E-state index in [1.807, 2.05) is 32.0 Å². The summed E-state index contributed by atoms with van der Waals surface area (Å²) in [6, 6.07) is 5.63. The third-order valence-corrected chi connectivity index (χ3v) is 5.32. The van der Waals surface area contributed by atoms with Crippen LogP contribution in [0.25, 0.3) is 0 Å². The summed E-state index contributed by atoms with van der Waals surface area (Å²) in [5.41, 5.74) is 2.76. The van der Waals surface area contributed by atoms with Crippen LogP contribution in [0.1, 0.15) is 24.0 Å². The van der Waals surface area contributed by atoms with Crippen molar-refractivity contribution in [2.75, 3.05) is 31.3 Å². The summed E-state index contributed by atoms with van der Waals surface area (Å²) in [6.45, 7) is 4.55. The fourth-order valence-electron chi connectivity index (χ4n) is 2.57. The Kier molecular flexibility index (Phi) is 5.78. The van der Waals surface area contributed by atoms with Gasteiger partial charge in [0, 0.05) is 18.8 Å². The smallest absolute Gasteiger partial charge is 0.239 e. The van der Waals surface area contributed by atoms with Gasteiger partial charge in [0.25, 0.3) is 0 Å². The van der Waals surface area contributed by atoms with Crippen LogP contribution in [0.4, 0.5) is 5.69 Å². The second-order valence-electron chi connectivity index (χ2n) is 5.99. The minimum atomic E-state index is -3.47. The van der Waals surface area contributed by atoms with Crippen molar-refractivity contribution in [3.05, 3.63) is 29.3 Å². The monoisotopic (exact) mass is 340 g/mol. The van der Waals surface area contributed by atoms with Crippen LogP contribution in [0, 0.1) is 13.8 Å². The molecule has 2 rings (SSSR count). The van der Waals surface area contributed by atoms with E-state index in [4.69, 9.17) is 4.74 Å². The molecule has 1 aliphatic heterocycles. The van der Waals surface area contributed by atoms with Gasteiger partial charge >= 0.3 is 0 Å². The van der Waals surface area contributed by atoms with Gasteiger partial charge in [-0.2, -0.15) is 4.31 Å². The molecule has 1 aromatic rings. The van der Waals surface area contributed by atoms with Crippen molar-refractivity contribution in [3.63, 3.8) is 0 Å². The van der Waals surface area contributed by atoms with E-state index < -0.39 is 10.0 Å². The average molecular weight is 340 g/mol. The van der Waals surface area contributed by atoms with Gasteiger partial charge in [-0.3, -0.25) is 4.79 Å². The SMILES string of the molecule is Cc1cccc(NC(=O)CN(CC2CCCO2)S(C)(=O)=O)c1C. The molecule has 0 aromatic heterocycles. The predicted molar refractivity (Wildman–Crippen MR) is 89.9 cm³/mol. The van der Waals surface area contributed by atoms with Crippen molar-refractivity contribution >= 4 is 21.6 Å². The van der Waals surface area contributed by atoms with Crippen LogP contribution in [-0.2, 0) is 19.6 Å². The molecule has 1 fully saturated rings. The topological polar surface area (TPSA) is 75.7 Å². The van der Waals surface area contributed by atoms with Crippen LogP contribution in [-0.4, -0.2) is 50.7 Å². The van der Waals surface area contributed by atoms with Gasteiger partial charge in [0.15, 0.2) is 0 Å². The lowest BCUT2D eigenvalue weighted by molar-refractivity contribution is -0.116. The Bertz CT molecular complexity index is 667. The first-order valence-electron chi connectivity index (χ1n) is 7.70. The second kappa shape index (κ2) is 7.42. The molecule has 0 spiro atoms. The van der Waals surface area contributed by atoms with E-state index in [1.54, 1.807) is 0 Å². The zero-order valence-electron chi connectivity index (χ0n) is 13.8. The molecule has 1 unspecified atom stereocenters. The fourth-order valence-corrected chi connectivity index (χ4v) is 3.36. The van der Waals surface area contributed by atoms with Gasteiger partial charge in [0.1, 0.15) is 0 Å². The molecule has 1 saturated heterocycles. The lowest BCUT2D eigenvalue weighted by Crippen LogP contribution is -2.41. The molecule has 0 aliphatic carbocycles. The summed E-state index contributed by atoms with van der Waals surface area (Å²) in [4.78, 5) is 12.2. The number of aryl methyl sites for hydroxylation is 1.